The standard InChI is InChI=1S/C15H28N2O2/c1-3-15(7-5-6-8-15)11-17-14(18)12-9-19-10-13(12)16-4-2/h12-13,16H,3-11H2,1-2H3,(H,17,18). The fraction of sp³-hybridized carbons (Fsp3) is 0.933. The Balaban J connectivity index is 1.83. The van der Waals surface area contributed by atoms with Crippen LogP contribution in [-0.4, -0.2) is 38.3 Å². The lowest BCUT2D eigenvalue weighted by atomic mass is 9.83. The Morgan fingerprint density at radius 2 is 2.00 bits per heavy atom. The van der Waals surface area contributed by atoms with Crippen LogP contribution in [0.25, 0.3) is 0 Å². The van der Waals surface area contributed by atoms with Gasteiger partial charge in [0, 0.05) is 12.6 Å². The zero-order valence-electron chi connectivity index (χ0n) is 12.3. The predicted octanol–water partition coefficient (Wildman–Crippen LogP) is 1.70. The molecule has 0 aromatic heterocycles. The summed E-state index contributed by atoms with van der Waals surface area (Å²) in [5.74, 6) is 0.151. The minimum atomic E-state index is -0.0183. The largest absolute Gasteiger partial charge is 0.379 e. The maximum atomic E-state index is 12.3. The minimum absolute atomic E-state index is 0.0183. The van der Waals surface area contributed by atoms with Gasteiger partial charge >= 0.3 is 0 Å². The van der Waals surface area contributed by atoms with Crippen LogP contribution in [0.15, 0.2) is 0 Å². The Kier molecular flexibility index (Phi) is 5.22. The molecule has 4 heteroatoms. The van der Waals surface area contributed by atoms with Crippen LogP contribution in [0.3, 0.4) is 0 Å². The second-order valence-corrected chi connectivity index (χ2v) is 6.09. The van der Waals surface area contributed by atoms with Crippen molar-refractivity contribution in [2.75, 3.05) is 26.3 Å². The van der Waals surface area contributed by atoms with Crippen molar-refractivity contribution in [3.05, 3.63) is 0 Å². The van der Waals surface area contributed by atoms with Crippen LogP contribution in [0, 0.1) is 11.3 Å². The van der Waals surface area contributed by atoms with Crippen molar-refractivity contribution in [3.8, 4) is 0 Å². The molecule has 1 aliphatic carbocycles. The SMILES string of the molecule is CCNC1COCC1C(=O)NCC1(CC)CCCC1. The van der Waals surface area contributed by atoms with Crippen LogP contribution >= 0.6 is 0 Å². The van der Waals surface area contributed by atoms with E-state index in [1.54, 1.807) is 0 Å². The zero-order chi connectivity index (χ0) is 13.7. The first kappa shape index (κ1) is 14.8. The van der Waals surface area contributed by atoms with Gasteiger partial charge in [-0.15, -0.1) is 0 Å². The van der Waals surface area contributed by atoms with E-state index >= 15 is 0 Å². The van der Waals surface area contributed by atoms with Crippen LogP contribution in [0.1, 0.15) is 46.0 Å². The van der Waals surface area contributed by atoms with Gasteiger partial charge in [0.2, 0.25) is 5.91 Å². The van der Waals surface area contributed by atoms with Gasteiger partial charge in [-0.05, 0) is 31.2 Å². The Hall–Kier alpha value is -0.610. The highest BCUT2D eigenvalue weighted by Gasteiger charge is 2.36. The summed E-state index contributed by atoms with van der Waals surface area (Å²) in [6.45, 7) is 7.26. The Labute approximate surface area is 116 Å². The zero-order valence-corrected chi connectivity index (χ0v) is 12.3. The van der Waals surface area contributed by atoms with Crippen molar-refractivity contribution < 1.29 is 9.53 Å². The molecule has 1 saturated carbocycles. The molecule has 2 aliphatic rings. The molecule has 2 N–H and O–H groups in total. The van der Waals surface area contributed by atoms with Crippen molar-refractivity contribution >= 4 is 5.91 Å². The van der Waals surface area contributed by atoms with Crippen molar-refractivity contribution in [1.29, 1.82) is 0 Å². The number of likely N-dealkylation sites (N-methyl/N-ethyl adjacent to an activating group) is 1. The summed E-state index contributed by atoms with van der Waals surface area (Å²) >= 11 is 0. The summed E-state index contributed by atoms with van der Waals surface area (Å²) in [7, 11) is 0. The lowest BCUT2D eigenvalue weighted by Crippen LogP contribution is -2.46. The second-order valence-electron chi connectivity index (χ2n) is 6.09. The smallest absolute Gasteiger partial charge is 0.227 e. The number of hydrogen-bond acceptors (Lipinski definition) is 3. The van der Waals surface area contributed by atoms with E-state index in [1.165, 1.54) is 32.1 Å². The molecule has 2 atom stereocenters. The molecule has 1 aliphatic heterocycles. The molecule has 1 saturated heterocycles. The first-order chi connectivity index (χ1) is 9.21. The van der Waals surface area contributed by atoms with Crippen LogP contribution in [0.5, 0.6) is 0 Å². The summed E-state index contributed by atoms with van der Waals surface area (Å²) in [6, 6.07) is 0.186. The number of carbonyl (C=O) groups excluding carboxylic acids is 1. The maximum absolute atomic E-state index is 12.3. The molecule has 1 amide bonds. The fourth-order valence-electron chi connectivity index (χ4n) is 3.46. The van der Waals surface area contributed by atoms with Crippen LogP contribution < -0.4 is 10.6 Å². The van der Waals surface area contributed by atoms with Gasteiger partial charge < -0.3 is 15.4 Å². The average Bonchev–Trinajstić information content (AvgIpc) is 3.06. The lowest BCUT2D eigenvalue weighted by molar-refractivity contribution is -0.126. The molecule has 0 radical (unpaired) electrons. The van der Waals surface area contributed by atoms with Crippen molar-refractivity contribution in [2.45, 2.75) is 52.0 Å². The molecular formula is C15H28N2O2. The molecule has 0 aromatic rings. The van der Waals surface area contributed by atoms with Crippen molar-refractivity contribution in [2.24, 2.45) is 11.3 Å². The van der Waals surface area contributed by atoms with Gasteiger partial charge in [-0.2, -0.15) is 0 Å². The van der Waals surface area contributed by atoms with Crippen LogP contribution in [0.4, 0.5) is 0 Å². The van der Waals surface area contributed by atoms with Crippen molar-refractivity contribution in [3.63, 3.8) is 0 Å². The highest BCUT2D eigenvalue weighted by Crippen LogP contribution is 2.40. The molecule has 1 heterocycles. The third-order valence-electron chi connectivity index (χ3n) is 4.94. The Morgan fingerprint density at radius 1 is 1.26 bits per heavy atom. The quantitative estimate of drug-likeness (QED) is 0.771. The fourth-order valence-corrected chi connectivity index (χ4v) is 3.46. The topological polar surface area (TPSA) is 50.4 Å². The number of carbonyl (C=O) groups is 1. The number of hydrogen-bond donors (Lipinski definition) is 2. The first-order valence-corrected chi connectivity index (χ1v) is 7.79. The molecule has 19 heavy (non-hydrogen) atoms. The van der Waals surface area contributed by atoms with Gasteiger partial charge in [-0.3, -0.25) is 4.79 Å². The third kappa shape index (κ3) is 3.48. The summed E-state index contributed by atoms with van der Waals surface area (Å²) in [6.07, 6.45) is 6.33. The van der Waals surface area contributed by atoms with E-state index in [9.17, 15) is 4.79 Å². The van der Waals surface area contributed by atoms with Gasteiger partial charge in [0.1, 0.15) is 0 Å². The van der Waals surface area contributed by atoms with Crippen LogP contribution in [-0.2, 0) is 9.53 Å². The molecule has 2 rings (SSSR count). The summed E-state index contributed by atoms with van der Waals surface area (Å²) in [5, 5.41) is 6.53. The van der Waals surface area contributed by atoms with Gasteiger partial charge in [0.05, 0.1) is 19.1 Å². The maximum Gasteiger partial charge on any atom is 0.227 e. The highest BCUT2D eigenvalue weighted by atomic mass is 16.5. The highest BCUT2D eigenvalue weighted by molar-refractivity contribution is 5.79. The van der Waals surface area contributed by atoms with Crippen LogP contribution in [0.2, 0.25) is 0 Å². The molecule has 2 unspecified atom stereocenters. The molecule has 4 nitrogen and oxygen atoms in total. The Morgan fingerprint density at radius 3 is 2.63 bits per heavy atom. The molecule has 0 spiro atoms. The molecule has 110 valence electrons. The molecule has 0 bridgehead atoms. The van der Waals surface area contributed by atoms with E-state index < -0.39 is 0 Å². The van der Waals surface area contributed by atoms with Crippen molar-refractivity contribution in [1.82, 2.24) is 10.6 Å². The molecular weight excluding hydrogens is 240 g/mol. The van der Waals surface area contributed by atoms with Gasteiger partial charge in [-0.1, -0.05) is 26.7 Å². The van der Waals surface area contributed by atoms with Gasteiger partial charge in [-0.25, -0.2) is 0 Å². The summed E-state index contributed by atoms with van der Waals surface area (Å²) in [5.41, 5.74) is 0.364. The first-order valence-electron chi connectivity index (χ1n) is 7.79. The van der Waals surface area contributed by atoms with Gasteiger partial charge in [0.15, 0.2) is 0 Å². The lowest BCUT2D eigenvalue weighted by Gasteiger charge is -2.29. The monoisotopic (exact) mass is 268 g/mol. The molecule has 0 aromatic carbocycles. The minimum Gasteiger partial charge on any atom is -0.379 e. The number of rotatable bonds is 6. The van der Waals surface area contributed by atoms with E-state index in [-0.39, 0.29) is 17.9 Å². The number of amides is 1. The van der Waals surface area contributed by atoms with E-state index in [2.05, 4.69) is 24.5 Å². The van der Waals surface area contributed by atoms with E-state index in [0.29, 0.717) is 18.6 Å². The Bertz CT molecular complexity index is 301. The average molecular weight is 268 g/mol. The number of ether oxygens (including phenoxy) is 1. The van der Waals surface area contributed by atoms with E-state index in [1.807, 2.05) is 0 Å². The van der Waals surface area contributed by atoms with E-state index in [0.717, 1.165) is 13.1 Å². The second kappa shape index (κ2) is 6.71. The van der Waals surface area contributed by atoms with E-state index in [4.69, 9.17) is 4.74 Å². The number of nitrogens with one attached hydrogen (secondary N) is 2. The third-order valence-corrected chi connectivity index (χ3v) is 4.94. The van der Waals surface area contributed by atoms with Gasteiger partial charge in [0.25, 0.3) is 0 Å². The molecule has 2 fully saturated rings. The summed E-state index contributed by atoms with van der Waals surface area (Å²) in [4.78, 5) is 12.3. The predicted molar refractivity (Wildman–Crippen MR) is 76.0 cm³/mol. The summed E-state index contributed by atoms with van der Waals surface area (Å²) < 4.78 is 5.44. The normalized spacial score (nSPS) is 29.6.